The van der Waals surface area contributed by atoms with Crippen LogP contribution < -0.4 is 4.74 Å². The standard InChI is InChI=1S/C17H27NO3/c1-4-19-16-10-17(11-16)21-15-8-7-14(18-12-15)6-5-9-20-13(2)3/h7-8,12-13,16-17H,4-6,9-11H2,1-3H3/t16-,17-. The Hall–Kier alpha value is -1.13. The molecule has 0 amide bonds. The molecule has 21 heavy (non-hydrogen) atoms. The molecule has 1 fully saturated rings. The average Bonchev–Trinajstić information content (AvgIpc) is 2.43. The zero-order chi connectivity index (χ0) is 15.1. The summed E-state index contributed by atoms with van der Waals surface area (Å²) < 4.78 is 16.9. The van der Waals surface area contributed by atoms with Gasteiger partial charge in [0.15, 0.2) is 0 Å². The molecule has 0 bridgehead atoms. The molecular weight excluding hydrogens is 266 g/mol. The molecule has 0 unspecified atom stereocenters. The highest BCUT2D eigenvalue weighted by Gasteiger charge is 2.31. The lowest BCUT2D eigenvalue weighted by atomic mass is 9.92. The predicted molar refractivity (Wildman–Crippen MR) is 82.7 cm³/mol. The third-order valence-corrected chi connectivity index (χ3v) is 3.58. The van der Waals surface area contributed by atoms with Crippen molar-refractivity contribution in [3.8, 4) is 5.75 Å². The van der Waals surface area contributed by atoms with Crippen LogP contribution in [-0.2, 0) is 15.9 Å². The fourth-order valence-electron chi connectivity index (χ4n) is 2.38. The first kappa shape index (κ1) is 16.2. The maximum absolute atomic E-state index is 5.87. The van der Waals surface area contributed by atoms with Gasteiger partial charge in [-0.3, -0.25) is 4.98 Å². The smallest absolute Gasteiger partial charge is 0.138 e. The third-order valence-electron chi connectivity index (χ3n) is 3.58. The van der Waals surface area contributed by atoms with Crippen LogP contribution in [-0.4, -0.2) is 36.5 Å². The monoisotopic (exact) mass is 293 g/mol. The maximum atomic E-state index is 5.87. The number of aromatic nitrogens is 1. The van der Waals surface area contributed by atoms with Crippen molar-refractivity contribution in [2.24, 2.45) is 0 Å². The molecule has 2 rings (SSSR count). The van der Waals surface area contributed by atoms with Crippen LogP contribution in [0.1, 0.15) is 45.7 Å². The van der Waals surface area contributed by atoms with Crippen molar-refractivity contribution in [2.45, 2.75) is 64.8 Å². The van der Waals surface area contributed by atoms with E-state index in [9.17, 15) is 0 Å². The minimum atomic E-state index is 0.286. The summed E-state index contributed by atoms with van der Waals surface area (Å²) in [5.74, 6) is 0.858. The SMILES string of the molecule is CCO[C@H]1C[C@H](Oc2ccc(CCCOC(C)C)nc2)C1. The molecule has 1 aromatic heterocycles. The third kappa shape index (κ3) is 5.64. The van der Waals surface area contributed by atoms with Crippen molar-refractivity contribution >= 4 is 0 Å². The van der Waals surface area contributed by atoms with Gasteiger partial charge >= 0.3 is 0 Å². The van der Waals surface area contributed by atoms with Gasteiger partial charge in [0.2, 0.25) is 0 Å². The van der Waals surface area contributed by atoms with E-state index in [0.29, 0.717) is 12.2 Å². The first-order valence-electron chi connectivity index (χ1n) is 8.02. The Morgan fingerprint density at radius 2 is 2.05 bits per heavy atom. The quantitative estimate of drug-likeness (QED) is 0.654. The summed E-state index contributed by atoms with van der Waals surface area (Å²) in [4.78, 5) is 4.45. The molecule has 1 aliphatic rings. The maximum Gasteiger partial charge on any atom is 0.138 e. The number of hydrogen-bond donors (Lipinski definition) is 0. The van der Waals surface area contributed by atoms with Crippen molar-refractivity contribution in [2.75, 3.05) is 13.2 Å². The molecular formula is C17H27NO3. The van der Waals surface area contributed by atoms with E-state index in [4.69, 9.17) is 14.2 Å². The van der Waals surface area contributed by atoms with Crippen molar-refractivity contribution in [1.82, 2.24) is 4.98 Å². The summed E-state index contributed by atoms with van der Waals surface area (Å²) in [5, 5.41) is 0. The van der Waals surface area contributed by atoms with E-state index in [1.165, 1.54) is 0 Å². The molecule has 0 atom stereocenters. The molecule has 0 aromatic carbocycles. The zero-order valence-corrected chi connectivity index (χ0v) is 13.4. The molecule has 0 aliphatic heterocycles. The minimum Gasteiger partial charge on any atom is -0.489 e. The van der Waals surface area contributed by atoms with Crippen LogP contribution in [0, 0.1) is 0 Å². The van der Waals surface area contributed by atoms with E-state index in [2.05, 4.69) is 18.8 Å². The van der Waals surface area contributed by atoms with Gasteiger partial charge in [0, 0.05) is 31.7 Å². The Balaban J connectivity index is 1.65. The van der Waals surface area contributed by atoms with E-state index in [1.54, 1.807) is 0 Å². The molecule has 1 aromatic rings. The Morgan fingerprint density at radius 1 is 1.24 bits per heavy atom. The van der Waals surface area contributed by atoms with Crippen LogP contribution >= 0.6 is 0 Å². The molecule has 1 heterocycles. The zero-order valence-electron chi connectivity index (χ0n) is 13.4. The van der Waals surface area contributed by atoms with Gasteiger partial charge in [0.25, 0.3) is 0 Å². The van der Waals surface area contributed by atoms with Gasteiger partial charge in [-0.05, 0) is 45.7 Å². The second-order valence-electron chi connectivity index (χ2n) is 5.80. The summed E-state index contributed by atoms with van der Waals surface area (Å²) in [6.45, 7) is 7.72. The molecule has 118 valence electrons. The second kappa shape index (κ2) is 8.35. The lowest BCUT2D eigenvalue weighted by Crippen LogP contribution is -2.39. The van der Waals surface area contributed by atoms with Gasteiger partial charge in [-0.2, -0.15) is 0 Å². The van der Waals surface area contributed by atoms with Crippen molar-refractivity contribution in [3.63, 3.8) is 0 Å². The van der Waals surface area contributed by atoms with Gasteiger partial charge in [0.1, 0.15) is 11.9 Å². The van der Waals surface area contributed by atoms with Gasteiger partial charge in [-0.15, -0.1) is 0 Å². The molecule has 0 radical (unpaired) electrons. The molecule has 0 spiro atoms. The molecule has 1 saturated carbocycles. The topological polar surface area (TPSA) is 40.6 Å². The van der Waals surface area contributed by atoms with Crippen LogP contribution in [0.3, 0.4) is 0 Å². The van der Waals surface area contributed by atoms with Crippen LogP contribution in [0.25, 0.3) is 0 Å². The van der Waals surface area contributed by atoms with Gasteiger partial charge in [-0.1, -0.05) is 0 Å². The number of aryl methyl sites for hydroxylation is 1. The molecule has 4 heteroatoms. The van der Waals surface area contributed by atoms with E-state index in [0.717, 1.165) is 50.3 Å². The fourth-order valence-corrected chi connectivity index (χ4v) is 2.38. The first-order chi connectivity index (χ1) is 10.2. The van der Waals surface area contributed by atoms with Crippen LogP contribution in [0.2, 0.25) is 0 Å². The lowest BCUT2D eigenvalue weighted by molar-refractivity contribution is -0.0564. The minimum absolute atomic E-state index is 0.286. The lowest BCUT2D eigenvalue weighted by Gasteiger charge is -2.34. The van der Waals surface area contributed by atoms with Crippen LogP contribution in [0.15, 0.2) is 18.3 Å². The summed E-state index contributed by atoms with van der Waals surface area (Å²) in [6.07, 6.45) is 6.72. The predicted octanol–water partition coefficient (Wildman–Crippen LogP) is 3.39. The first-order valence-corrected chi connectivity index (χ1v) is 8.02. The molecule has 4 nitrogen and oxygen atoms in total. The van der Waals surface area contributed by atoms with Crippen molar-refractivity contribution < 1.29 is 14.2 Å². The summed E-state index contributed by atoms with van der Waals surface area (Å²) in [5.41, 5.74) is 1.09. The van der Waals surface area contributed by atoms with Crippen LogP contribution in [0.5, 0.6) is 5.75 Å². The van der Waals surface area contributed by atoms with E-state index < -0.39 is 0 Å². The Bertz CT molecular complexity index is 399. The molecule has 0 saturated heterocycles. The fraction of sp³-hybridized carbons (Fsp3) is 0.706. The average molecular weight is 293 g/mol. The Labute approximate surface area is 127 Å². The number of nitrogens with zero attached hydrogens (tertiary/aromatic N) is 1. The van der Waals surface area contributed by atoms with E-state index >= 15 is 0 Å². The highest BCUT2D eigenvalue weighted by molar-refractivity contribution is 5.20. The number of pyridine rings is 1. The highest BCUT2D eigenvalue weighted by atomic mass is 16.5. The van der Waals surface area contributed by atoms with E-state index in [1.807, 2.05) is 25.3 Å². The van der Waals surface area contributed by atoms with Gasteiger partial charge < -0.3 is 14.2 Å². The Morgan fingerprint density at radius 3 is 2.67 bits per heavy atom. The second-order valence-corrected chi connectivity index (χ2v) is 5.80. The van der Waals surface area contributed by atoms with Crippen LogP contribution in [0.4, 0.5) is 0 Å². The van der Waals surface area contributed by atoms with Gasteiger partial charge in [-0.25, -0.2) is 0 Å². The summed E-state index contributed by atoms with van der Waals surface area (Å²) >= 11 is 0. The number of hydrogen-bond acceptors (Lipinski definition) is 4. The number of rotatable bonds is 9. The van der Waals surface area contributed by atoms with Gasteiger partial charge in [0.05, 0.1) is 18.4 Å². The largest absolute Gasteiger partial charge is 0.489 e. The van der Waals surface area contributed by atoms with Crippen molar-refractivity contribution in [3.05, 3.63) is 24.0 Å². The summed E-state index contributed by atoms with van der Waals surface area (Å²) in [7, 11) is 0. The Kier molecular flexibility index (Phi) is 6.46. The highest BCUT2D eigenvalue weighted by Crippen LogP contribution is 2.27. The molecule has 1 aliphatic carbocycles. The van der Waals surface area contributed by atoms with E-state index in [-0.39, 0.29) is 6.10 Å². The summed E-state index contributed by atoms with van der Waals surface area (Å²) in [6, 6.07) is 4.06. The normalized spacial score (nSPS) is 21.3. The number of ether oxygens (including phenoxy) is 3. The van der Waals surface area contributed by atoms with Crippen molar-refractivity contribution in [1.29, 1.82) is 0 Å². The molecule has 0 N–H and O–H groups in total.